The van der Waals surface area contributed by atoms with Crippen molar-refractivity contribution in [1.29, 1.82) is 0 Å². The largest absolute Gasteiger partial charge is 0.497 e. The van der Waals surface area contributed by atoms with E-state index < -0.39 is 15.7 Å². The van der Waals surface area contributed by atoms with E-state index in [1.807, 2.05) is 24.3 Å². The lowest BCUT2D eigenvalue weighted by atomic mass is 10.2. The molecule has 0 N–H and O–H groups in total. The smallest absolute Gasteiger partial charge is 0.324 e. The third-order valence-electron chi connectivity index (χ3n) is 2.67. The molecule has 5 nitrogen and oxygen atoms in total. The van der Waals surface area contributed by atoms with E-state index >= 15 is 0 Å². The van der Waals surface area contributed by atoms with E-state index in [-0.39, 0.29) is 5.00 Å². The van der Waals surface area contributed by atoms with Crippen LogP contribution in [0.1, 0.15) is 11.1 Å². The second kappa shape index (κ2) is 7.14. The van der Waals surface area contributed by atoms with Crippen LogP contribution in [0.5, 0.6) is 5.75 Å². The first kappa shape index (κ1) is 15.4. The minimum Gasteiger partial charge on any atom is -0.497 e. The van der Waals surface area contributed by atoms with Gasteiger partial charge >= 0.3 is 5.00 Å². The molecule has 1 heterocycles. The highest BCUT2D eigenvalue weighted by Gasteiger charge is 2.07. The van der Waals surface area contributed by atoms with Crippen LogP contribution in [-0.2, 0) is 16.6 Å². The molecule has 21 heavy (non-hydrogen) atoms. The molecule has 7 heteroatoms. The Kier molecular flexibility index (Phi) is 5.24. The molecule has 0 aliphatic carbocycles. The van der Waals surface area contributed by atoms with Crippen LogP contribution >= 0.6 is 11.3 Å². The number of nitrogens with zero attached hydrogens (tertiary/aromatic N) is 1. The molecule has 0 aliphatic rings. The number of nitro groups is 1. The number of ether oxygens (including phenoxy) is 1. The van der Waals surface area contributed by atoms with E-state index in [1.165, 1.54) is 6.07 Å². The summed E-state index contributed by atoms with van der Waals surface area (Å²) in [6.45, 7) is 0. The molecule has 1 aromatic heterocycles. The molecule has 0 fully saturated rings. The minimum atomic E-state index is -1.17. The second-order valence-corrected chi connectivity index (χ2v) is 6.36. The third-order valence-corrected chi connectivity index (χ3v) is 4.62. The Morgan fingerprint density at radius 3 is 2.67 bits per heavy atom. The summed E-state index contributed by atoms with van der Waals surface area (Å²) in [6, 6.07) is 8.82. The summed E-state index contributed by atoms with van der Waals surface area (Å²) >= 11 is 1.05. The Hall–Kier alpha value is -1.99. The summed E-state index contributed by atoms with van der Waals surface area (Å²) < 4.78 is 17.0. The van der Waals surface area contributed by atoms with Gasteiger partial charge < -0.3 is 4.74 Å². The molecule has 0 radical (unpaired) electrons. The average molecular weight is 323 g/mol. The van der Waals surface area contributed by atoms with Crippen LogP contribution in [0.25, 0.3) is 6.08 Å². The van der Waals surface area contributed by atoms with Crippen molar-refractivity contribution in [3.63, 3.8) is 0 Å². The average Bonchev–Trinajstić information content (AvgIpc) is 2.95. The lowest BCUT2D eigenvalue weighted by molar-refractivity contribution is -0.380. The predicted octanol–water partition coefficient (Wildman–Crippen LogP) is 3.58. The molecule has 0 amide bonds. The van der Waals surface area contributed by atoms with Crippen molar-refractivity contribution in [2.45, 2.75) is 5.75 Å². The highest BCUT2D eigenvalue weighted by atomic mass is 32.2. The first-order valence-electron chi connectivity index (χ1n) is 5.99. The zero-order valence-corrected chi connectivity index (χ0v) is 12.9. The highest BCUT2D eigenvalue weighted by molar-refractivity contribution is 7.87. The Bertz CT molecular complexity index is 677. The van der Waals surface area contributed by atoms with Crippen LogP contribution in [0.3, 0.4) is 0 Å². The lowest BCUT2D eigenvalue weighted by Crippen LogP contribution is -1.91. The van der Waals surface area contributed by atoms with Gasteiger partial charge in [0.05, 0.1) is 28.6 Å². The van der Waals surface area contributed by atoms with Crippen LogP contribution in [0, 0.1) is 10.1 Å². The van der Waals surface area contributed by atoms with Crippen molar-refractivity contribution < 1.29 is 13.9 Å². The van der Waals surface area contributed by atoms with Gasteiger partial charge in [-0.1, -0.05) is 23.5 Å². The third kappa shape index (κ3) is 4.51. The topological polar surface area (TPSA) is 69.4 Å². The van der Waals surface area contributed by atoms with Crippen LogP contribution in [0.4, 0.5) is 5.00 Å². The van der Waals surface area contributed by atoms with Crippen molar-refractivity contribution in [2.24, 2.45) is 0 Å². The zero-order valence-electron chi connectivity index (χ0n) is 11.2. The Morgan fingerprint density at radius 2 is 2.10 bits per heavy atom. The Balaban J connectivity index is 1.96. The van der Waals surface area contributed by atoms with Crippen molar-refractivity contribution >= 4 is 33.2 Å². The van der Waals surface area contributed by atoms with Gasteiger partial charge in [0.1, 0.15) is 5.75 Å². The molecule has 0 spiro atoms. The van der Waals surface area contributed by atoms with Crippen molar-refractivity contribution in [1.82, 2.24) is 0 Å². The minimum absolute atomic E-state index is 0.0792. The molecular formula is C14H13NO4S2. The maximum absolute atomic E-state index is 11.9. The van der Waals surface area contributed by atoms with Crippen LogP contribution in [-0.4, -0.2) is 16.2 Å². The van der Waals surface area contributed by atoms with Gasteiger partial charge in [-0.25, -0.2) is 0 Å². The van der Waals surface area contributed by atoms with Crippen molar-refractivity contribution in [3.05, 3.63) is 62.4 Å². The van der Waals surface area contributed by atoms with Gasteiger partial charge in [-0.05, 0) is 29.3 Å². The number of rotatable bonds is 6. The van der Waals surface area contributed by atoms with Gasteiger partial charge in [0.15, 0.2) is 0 Å². The Morgan fingerprint density at radius 1 is 1.38 bits per heavy atom. The van der Waals surface area contributed by atoms with E-state index in [0.29, 0.717) is 11.3 Å². The molecule has 2 rings (SSSR count). The van der Waals surface area contributed by atoms with Crippen molar-refractivity contribution in [3.8, 4) is 5.75 Å². The molecule has 2 aromatic rings. The number of methoxy groups -OCH3 is 1. The zero-order chi connectivity index (χ0) is 15.2. The van der Waals surface area contributed by atoms with Crippen LogP contribution < -0.4 is 4.74 Å². The van der Waals surface area contributed by atoms with Gasteiger partial charge in [0.2, 0.25) is 0 Å². The molecule has 1 aromatic carbocycles. The molecule has 0 aliphatic heterocycles. The van der Waals surface area contributed by atoms with Crippen molar-refractivity contribution in [2.75, 3.05) is 7.11 Å². The maximum Gasteiger partial charge on any atom is 0.324 e. The van der Waals surface area contributed by atoms with Gasteiger partial charge in [-0.3, -0.25) is 14.3 Å². The molecule has 0 saturated carbocycles. The number of hydrogen-bond acceptors (Lipinski definition) is 5. The number of benzene rings is 1. The summed E-state index contributed by atoms with van der Waals surface area (Å²) in [5.41, 5.74) is 1.63. The van der Waals surface area contributed by atoms with Gasteiger partial charge in [-0.15, -0.1) is 0 Å². The fourth-order valence-electron chi connectivity index (χ4n) is 1.61. The van der Waals surface area contributed by atoms with E-state index in [0.717, 1.165) is 22.6 Å². The van der Waals surface area contributed by atoms with E-state index in [1.54, 1.807) is 24.0 Å². The standard InChI is InChI=1S/C14H13NO4S2/c1-19-13-4-2-11(3-5-13)10-21(18)7-6-12-8-14(15(16)17)20-9-12/h2-9H,10H2,1H3/b7-6+. The van der Waals surface area contributed by atoms with Gasteiger partial charge in [0.25, 0.3) is 0 Å². The molecule has 1 unspecified atom stereocenters. The molecular weight excluding hydrogens is 310 g/mol. The summed E-state index contributed by atoms with van der Waals surface area (Å²) in [5, 5.41) is 13.9. The number of thiophene rings is 1. The quantitative estimate of drug-likeness (QED) is 0.602. The summed E-state index contributed by atoms with van der Waals surface area (Å²) in [7, 11) is 0.425. The maximum atomic E-state index is 11.9. The molecule has 1 atom stereocenters. The number of hydrogen-bond donors (Lipinski definition) is 0. The molecule has 110 valence electrons. The monoisotopic (exact) mass is 323 g/mol. The fraction of sp³-hybridized carbons (Fsp3) is 0.143. The second-order valence-electron chi connectivity index (χ2n) is 4.15. The Labute approximate surface area is 128 Å². The summed E-state index contributed by atoms with van der Waals surface area (Å²) in [5.74, 6) is 1.15. The fourth-order valence-corrected chi connectivity index (χ4v) is 3.23. The predicted molar refractivity (Wildman–Crippen MR) is 84.8 cm³/mol. The van der Waals surface area contributed by atoms with Gasteiger partial charge in [0, 0.05) is 16.9 Å². The van der Waals surface area contributed by atoms with E-state index in [9.17, 15) is 14.3 Å². The highest BCUT2D eigenvalue weighted by Crippen LogP contribution is 2.23. The van der Waals surface area contributed by atoms with E-state index in [4.69, 9.17) is 4.74 Å². The normalized spacial score (nSPS) is 12.4. The SMILES string of the molecule is COc1ccc(CS(=O)/C=C/c2csc([N+](=O)[O-])c2)cc1. The molecule has 0 saturated heterocycles. The van der Waals surface area contributed by atoms with Gasteiger partial charge in [-0.2, -0.15) is 0 Å². The summed E-state index contributed by atoms with van der Waals surface area (Å²) in [4.78, 5) is 10.1. The first-order valence-corrected chi connectivity index (χ1v) is 8.26. The van der Waals surface area contributed by atoms with E-state index in [2.05, 4.69) is 0 Å². The summed E-state index contributed by atoms with van der Waals surface area (Å²) in [6.07, 6.45) is 1.64. The lowest BCUT2D eigenvalue weighted by Gasteiger charge is -2.01. The molecule has 0 bridgehead atoms. The van der Waals surface area contributed by atoms with Crippen LogP contribution in [0.15, 0.2) is 41.1 Å². The van der Waals surface area contributed by atoms with Crippen LogP contribution in [0.2, 0.25) is 0 Å². The first-order chi connectivity index (χ1) is 10.1.